The zero-order valence-corrected chi connectivity index (χ0v) is 14.3. The molecule has 0 bridgehead atoms. The van der Waals surface area contributed by atoms with Crippen molar-refractivity contribution in [3.8, 4) is 0 Å². The van der Waals surface area contributed by atoms with Crippen LogP contribution in [0.15, 0.2) is 38.0 Å². The molecule has 0 saturated carbocycles. The van der Waals surface area contributed by atoms with Gasteiger partial charge in [-0.3, -0.25) is 14.4 Å². The van der Waals surface area contributed by atoms with Crippen LogP contribution in [-0.2, 0) is 28.6 Å². The van der Waals surface area contributed by atoms with E-state index in [0.717, 1.165) is 0 Å². The van der Waals surface area contributed by atoms with E-state index < -0.39 is 5.41 Å². The van der Waals surface area contributed by atoms with E-state index in [4.69, 9.17) is 14.2 Å². The van der Waals surface area contributed by atoms with Crippen LogP contribution in [0, 0.1) is 5.41 Å². The van der Waals surface area contributed by atoms with Crippen LogP contribution in [0.2, 0.25) is 0 Å². The highest BCUT2D eigenvalue weighted by Crippen LogP contribution is 2.24. The Labute approximate surface area is 143 Å². The van der Waals surface area contributed by atoms with Gasteiger partial charge in [0.05, 0.1) is 19.8 Å². The van der Waals surface area contributed by atoms with Crippen LogP contribution in [0.1, 0.15) is 13.3 Å². The first-order valence-corrected chi connectivity index (χ1v) is 7.62. The molecule has 0 aliphatic carbocycles. The summed E-state index contributed by atoms with van der Waals surface area (Å²) in [6.07, 6.45) is 4.17. The summed E-state index contributed by atoms with van der Waals surface area (Å²) in [5.74, 6) is -0.693. The summed E-state index contributed by atoms with van der Waals surface area (Å²) in [5, 5.41) is 0. The third kappa shape index (κ3) is 9.29. The SMILES string of the molecule is C=CC(=O)COCC(CC)(COCC(=O)C=C)COCC(=O)C=C. The van der Waals surface area contributed by atoms with E-state index in [9.17, 15) is 14.4 Å². The summed E-state index contributed by atoms with van der Waals surface area (Å²) in [4.78, 5) is 33.8. The molecule has 0 aromatic carbocycles. The normalized spacial score (nSPS) is 10.9. The largest absolute Gasteiger partial charge is 0.373 e. The number of ether oxygens (including phenoxy) is 3. The quantitative estimate of drug-likeness (QED) is 0.399. The highest BCUT2D eigenvalue weighted by atomic mass is 16.5. The topological polar surface area (TPSA) is 78.9 Å². The third-order valence-electron chi connectivity index (χ3n) is 3.39. The molecule has 6 nitrogen and oxygen atoms in total. The van der Waals surface area contributed by atoms with Crippen molar-refractivity contribution in [2.75, 3.05) is 39.6 Å². The molecule has 0 aliphatic heterocycles. The van der Waals surface area contributed by atoms with Gasteiger partial charge in [0.1, 0.15) is 19.8 Å². The first-order valence-electron chi connectivity index (χ1n) is 7.62. The minimum absolute atomic E-state index is 0.0948. The Kier molecular flexibility index (Phi) is 11.5. The van der Waals surface area contributed by atoms with Crippen LogP contribution < -0.4 is 0 Å². The molecule has 0 aromatic rings. The van der Waals surface area contributed by atoms with Gasteiger partial charge in [0.25, 0.3) is 0 Å². The van der Waals surface area contributed by atoms with E-state index in [1.165, 1.54) is 18.2 Å². The lowest BCUT2D eigenvalue weighted by atomic mass is 9.88. The van der Waals surface area contributed by atoms with Crippen LogP contribution >= 0.6 is 0 Å². The summed E-state index contributed by atoms with van der Waals surface area (Å²) in [6.45, 7) is 12.3. The molecule has 0 atom stereocenters. The van der Waals surface area contributed by atoms with Gasteiger partial charge in [-0.05, 0) is 24.6 Å². The third-order valence-corrected chi connectivity index (χ3v) is 3.39. The first-order chi connectivity index (χ1) is 11.4. The van der Waals surface area contributed by atoms with Crippen molar-refractivity contribution >= 4 is 17.3 Å². The number of carbonyl (C=O) groups is 3. The van der Waals surface area contributed by atoms with Gasteiger partial charge < -0.3 is 14.2 Å². The van der Waals surface area contributed by atoms with Crippen LogP contribution in [0.5, 0.6) is 0 Å². The second kappa shape index (κ2) is 12.5. The van der Waals surface area contributed by atoms with Gasteiger partial charge in [-0.25, -0.2) is 0 Å². The van der Waals surface area contributed by atoms with Crippen molar-refractivity contribution < 1.29 is 28.6 Å². The van der Waals surface area contributed by atoms with E-state index in [2.05, 4.69) is 19.7 Å². The number of rotatable bonds is 16. The fraction of sp³-hybridized carbons (Fsp3) is 0.500. The van der Waals surface area contributed by atoms with Crippen LogP contribution in [0.25, 0.3) is 0 Å². The van der Waals surface area contributed by atoms with Gasteiger partial charge in [-0.2, -0.15) is 0 Å². The molecule has 0 fully saturated rings. The standard InChI is InChI=1S/C18H26O6/c1-5-15(19)9-22-12-18(8-4,13-23-10-16(20)6-2)14-24-11-17(21)7-3/h5-7H,1-3,8-14H2,4H3. The average molecular weight is 338 g/mol. The van der Waals surface area contributed by atoms with Gasteiger partial charge in [-0.15, -0.1) is 0 Å². The molecule has 0 heterocycles. The van der Waals surface area contributed by atoms with Gasteiger partial charge in [0.2, 0.25) is 0 Å². The monoisotopic (exact) mass is 338 g/mol. The van der Waals surface area contributed by atoms with Crippen molar-refractivity contribution in [1.29, 1.82) is 0 Å². The van der Waals surface area contributed by atoms with E-state index in [1.54, 1.807) is 0 Å². The highest BCUT2D eigenvalue weighted by Gasteiger charge is 2.30. The van der Waals surface area contributed by atoms with Gasteiger partial charge >= 0.3 is 0 Å². The fourth-order valence-corrected chi connectivity index (χ4v) is 1.71. The molecule has 0 spiro atoms. The van der Waals surface area contributed by atoms with E-state index in [-0.39, 0.29) is 57.0 Å². The maximum Gasteiger partial charge on any atom is 0.180 e. The molecule has 0 amide bonds. The van der Waals surface area contributed by atoms with E-state index in [1.807, 2.05) is 6.92 Å². The summed E-state index contributed by atoms with van der Waals surface area (Å²) in [7, 11) is 0. The zero-order chi connectivity index (χ0) is 18.4. The second-order valence-electron chi connectivity index (χ2n) is 5.34. The Hall–Kier alpha value is -1.89. The summed E-state index contributed by atoms with van der Waals surface area (Å²) < 4.78 is 16.3. The lowest BCUT2D eigenvalue weighted by Gasteiger charge is -2.31. The Bertz CT molecular complexity index is 402. The number of carbonyl (C=O) groups excluding carboxylic acids is 3. The summed E-state index contributed by atoms with van der Waals surface area (Å²) in [6, 6.07) is 0. The zero-order valence-electron chi connectivity index (χ0n) is 14.3. The summed E-state index contributed by atoms with van der Waals surface area (Å²) in [5.41, 5.74) is -0.579. The average Bonchev–Trinajstić information content (AvgIpc) is 2.60. The maximum atomic E-state index is 11.3. The molecule has 0 unspecified atom stereocenters. The van der Waals surface area contributed by atoms with Gasteiger partial charge in [-0.1, -0.05) is 26.7 Å². The predicted octanol–water partition coefficient (Wildman–Crippen LogP) is 1.70. The number of hydrogen-bond donors (Lipinski definition) is 0. The van der Waals surface area contributed by atoms with Crippen molar-refractivity contribution in [3.63, 3.8) is 0 Å². The molecule has 24 heavy (non-hydrogen) atoms. The lowest BCUT2D eigenvalue weighted by Crippen LogP contribution is -2.38. The van der Waals surface area contributed by atoms with E-state index >= 15 is 0 Å². The number of ketones is 3. The minimum atomic E-state index is -0.579. The summed E-state index contributed by atoms with van der Waals surface area (Å²) >= 11 is 0. The van der Waals surface area contributed by atoms with Crippen molar-refractivity contribution in [3.05, 3.63) is 38.0 Å². The molecule has 0 rings (SSSR count). The molecule has 0 N–H and O–H groups in total. The van der Waals surface area contributed by atoms with Crippen LogP contribution in [0.4, 0.5) is 0 Å². The maximum absolute atomic E-state index is 11.3. The van der Waals surface area contributed by atoms with Crippen molar-refractivity contribution in [1.82, 2.24) is 0 Å². The smallest absolute Gasteiger partial charge is 0.180 e. The molecule has 0 saturated heterocycles. The lowest BCUT2D eigenvalue weighted by molar-refractivity contribution is -0.128. The Morgan fingerprint density at radius 2 is 1.04 bits per heavy atom. The highest BCUT2D eigenvalue weighted by molar-refractivity contribution is 5.90. The molecule has 0 aliphatic rings. The van der Waals surface area contributed by atoms with Crippen molar-refractivity contribution in [2.24, 2.45) is 5.41 Å². The van der Waals surface area contributed by atoms with E-state index in [0.29, 0.717) is 6.42 Å². The molecular formula is C18H26O6. The molecule has 0 radical (unpaired) electrons. The Balaban J connectivity index is 4.70. The second-order valence-corrected chi connectivity index (χ2v) is 5.34. The Morgan fingerprint density at radius 1 is 0.750 bits per heavy atom. The molecule has 134 valence electrons. The molecule has 6 heteroatoms. The fourth-order valence-electron chi connectivity index (χ4n) is 1.71. The molecular weight excluding hydrogens is 312 g/mol. The van der Waals surface area contributed by atoms with Crippen LogP contribution in [0.3, 0.4) is 0 Å². The number of hydrogen-bond acceptors (Lipinski definition) is 6. The Morgan fingerprint density at radius 3 is 1.25 bits per heavy atom. The van der Waals surface area contributed by atoms with Gasteiger partial charge in [0, 0.05) is 5.41 Å². The van der Waals surface area contributed by atoms with Gasteiger partial charge in [0.15, 0.2) is 17.3 Å². The first kappa shape index (κ1) is 22.1. The minimum Gasteiger partial charge on any atom is -0.373 e. The molecule has 0 aromatic heterocycles. The van der Waals surface area contributed by atoms with Crippen molar-refractivity contribution in [2.45, 2.75) is 13.3 Å². The van der Waals surface area contributed by atoms with Crippen LogP contribution in [-0.4, -0.2) is 57.0 Å². The predicted molar refractivity (Wildman–Crippen MR) is 90.8 cm³/mol.